The number of aromatic nitrogens is 2. The minimum Gasteiger partial charge on any atom is -0.343 e. The van der Waals surface area contributed by atoms with Gasteiger partial charge in [0, 0.05) is 38.4 Å². The van der Waals surface area contributed by atoms with Crippen LogP contribution >= 0.6 is 0 Å². The molecule has 0 N–H and O–H groups in total. The third-order valence-electron chi connectivity index (χ3n) is 3.49. The number of hydrogen-bond donors (Lipinski definition) is 0. The molecule has 100 valence electrons. The first-order valence-corrected chi connectivity index (χ1v) is 6.58. The summed E-state index contributed by atoms with van der Waals surface area (Å²) in [5, 5.41) is 4.28. The molecule has 1 aromatic rings. The maximum absolute atomic E-state index is 12.0. The van der Waals surface area contributed by atoms with Gasteiger partial charge in [0.2, 0.25) is 5.91 Å². The summed E-state index contributed by atoms with van der Waals surface area (Å²) in [5.41, 5.74) is 0. The maximum atomic E-state index is 12.0. The zero-order valence-corrected chi connectivity index (χ0v) is 11.2. The van der Waals surface area contributed by atoms with Crippen molar-refractivity contribution in [1.29, 1.82) is 0 Å². The maximum Gasteiger partial charge on any atom is 0.223 e. The molecule has 0 spiro atoms. The lowest BCUT2D eigenvalue weighted by molar-refractivity contribution is -0.132. The van der Waals surface area contributed by atoms with Crippen molar-refractivity contribution in [3.8, 4) is 0 Å². The van der Waals surface area contributed by atoms with Gasteiger partial charge in [-0.05, 0) is 33.0 Å². The minimum atomic E-state index is 0.280. The Labute approximate surface area is 108 Å². The van der Waals surface area contributed by atoms with Crippen LogP contribution in [0.3, 0.4) is 0 Å². The number of hydrogen-bond acceptors (Lipinski definition) is 3. The quantitative estimate of drug-likeness (QED) is 0.800. The van der Waals surface area contributed by atoms with Crippen LogP contribution in [0.1, 0.15) is 25.3 Å². The smallest absolute Gasteiger partial charge is 0.223 e. The number of nitrogens with zero attached hydrogens (tertiary/aromatic N) is 4. The number of likely N-dealkylation sites (tertiary alicyclic amines) is 1. The highest BCUT2D eigenvalue weighted by Gasteiger charge is 2.23. The van der Waals surface area contributed by atoms with E-state index in [9.17, 15) is 4.79 Å². The van der Waals surface area contributed by atoms with E-state index < -0.39 is 0 Å². The molecular weight excluding hydrogens is 228 g/mol. The van der Waals surface area contributed by atoms with Crippen LogP contribution in [0, 0.1) is 0 Å². The van der Waals surface area contributed by atoms with Gasteiger partial charge < -0.3 is 9.80 Å². The molecule has 1 amide bonds. The molecule has 5 nitrogen and oxygen atoms in total. The normalized spacial score (nSPS) is 17.4. The predicted molar refractivity (Wildman–Crippen MR) is 70.2 cm³/mol. The number of carbonyl (C=O) groups excluding carboxylic acids is 1. The molecule has 0 aromatic carbocycles. The highest BCUT2D eigenvalue weighted by atomic mass is 16.2. The summed E-state index contributed by atoms with van der Waals surface area (Å²) in [5.74, 6) is 0.280. The van der Waals surface area contributed by atoms with Crippen LogP contribution in [0.15, 0.2) is 18.5 Å². The average molecular weight is 250 g/mol. The van der Waals surface area contributed by atoms with Crippen molar-refractivity contribution in [3.05, 3.63) is 18.5 Å². The Hall–Kier alpha value is -1.36. The van der Waals surface area contributed by atoms with Crippen molar-refractivity contribution < 1.29 is 4.79 Å². The minimum absolute atomic E-state index is 0.280. The lowest BCUT2D eigenvalue weighted by Crippen LogP contribution is -2.40. The van der Waals surface area contributed by atoms with E-state index in [1.165, 1.54) is 0 Å². The summed E-state index contributed by atoms with van der Waals surface area (Å²) < 4.78 is 2.02. The van der Waals surface area contributed by atoms with Crippen LogP contribution in [0.5, 0.6) is 0 Å². The van der Waals surface area contributed by atoms with Gasteiger partial charge in [-0.15, -0.1) is 0 Å². The molecule has 0 saturated carbocycles. The molecule has 1 aliphatic rings. The molecule has 1 saturated heterocycles. The Bertz CT molecular complexity index is 366. The van der Waals surface area contributed by atoms with Crippen molar-refractivity contribution in [2.45, 2.75) is 25.3 Å². The molecule has 1 aromatic heterocycles. The van der Waals surface area contributed by atoms with E-state index in [1.54, 1.807) is 0 Å². The number of piperidine rings is 1. The summed E-state index contributed by atoms with van der Waals surface area (Å²) in [6.45, 7) is 2.55. The van der Waals surface area contributed by atoms with E-state index in [2.05, 4.69) is 5.10 Å². The molecule has 1 aliphatic heterocycles. The van der Waals surface area contributed by atoms with Crippen LogP contribution in [0.4, 0.5) is 0 Å². The summed E-state index contributed by atoms with van der Waals surface area (Å²) in [6.07, 6.45) is 6.47. The monoisotopic (exact) mass is 250 g/mol. The highest BCUT2D eigenvalue weighted by molar-refractivity contribution is 5.76. The fraction of sp³-hybridized carbons (Fsp3) is 0.692. The van der Waals surface area contributed by atoms with Gasteiger partial charge in [0.1, 0.15) is 0 Å². The van der Waals surface area contributed by atoms with E-state index in [0.29, 0.717) is 12.5 Å². The van der Waals surface area contributed by atoms with Crippen LogP contribution in [-0.2, 0) is 4.79 Å². The Kier molecular flexibility index (Phi) is 4.36. The van der Waals surface area contributed by atoms with Gasteiger partial charge in [0.25, 0.3) is 0 Å². The number of rotatable bonds is 4. The topological polar surface area (TPSA) is 41.4 Å². The summed E-state index contributed by atoms with van der Waals surface area (Å²) >= 11 is 0. The molecule has 5 heteroatoms. The first-order valence-electron chi connectivity index (χ1n) is 6.58. The van der Waals surface area contributed by atoms with Crippen LogP contribution in [-0.4, -0.2) is 59.2 Å². The Morgan fingerprint density at radius 2 is 2.11 bits per heavy atom. The molecule has 2 heterocycles. The van der Waals surface area contributed by atoms with E-state index in [0.717, 1.165) is 32.5 Å². The van der Waals surface area contributed by atoms with Gasteiger partial charge in [0.05, 0.1) is 6.04 Å². The van der Waals surface area contributed by atoms with E-state index >= 15 is 0 Å². The van der Waals surface area contributed by atoms with Gasteiger partial charge in [-0.2, -0.15) is 5.10 Å². The predicted octanol–water partition coefficient (Wildman–Crippen LogP) is 0.998. The molecule has 0 radical (unpaired) electrons. The largest absolute Gasteiger partial charge is 0.343 e. The van der Waals surface area contributed by atoms with Gasteiger partial charge in [0.15, 0.2) is 0 Å². The van der Waals surface area contributed by atoms with Crippen molar-refractivity contribution in [2.75, 3.05) is 33.7 Å². The molecule has 0 aliphatic carbocycles. The number of carbonyl (C=O) groups is 1. The van der Waals surface area contributed by atoms with Crippen LogP contribution < -0.4 is 0 Å². The number of amides is 1. The second kappa shape index (κ2) is 6.00. The molecule has 0 bridgehead atoms. The van der Waals surface area contributed by atoms with Crippen LogP contribution in [0.25, 0.3) is 0 Å². The van der Waals surface area contributed by atoms with Gasteiger partial charge in [-0.1, -0.05) is 0 Å². The Balaban J connectivity index is 1.78. The highest BCUT2D eigenvalue weighted by Crippen LogP contribution is 2.21. The zero-order chi connectivity index (χ0) is 13.0. The van der Waals surface area contributed by atoms with Gasteiger partial charge in [-0.25, -0.2) is 0 Å². The van der Waals surface area contributed by atoms with Crippen molar-refractivity contribution >= 4 is 5.91 Å². The molecule has 0 atom stereocenters. The van der Waals surface area contributed by atoms with Crippen LogP contribution in [0.2, 0.25) is 0 Å². The molecule has 2 rings (SSSR count). The second-order valence-electron chi connectivity index (χ2n) is 5.15. The second-order valence-corrected chi connectivity index (χ2v) is 5.15. The fourth-order valence-corrected chi connectivity index (χ4v) is 2.35. The van der Waals surface area contributed by atoms with Gasteiger partial charge in [-0.3, -0.25) is 9.48 Å². The fourth-order valence-electron chi connectivity index (χ4n) is 2.35. The summed E-state index contributed by atoms with van der Waals surface area (Å²) in [7, 11) is 3.99. The SMILES string of the molecule is CN(C)CCC(=O)N1CCC(n2cccn2)CC1. The summed E-state index contributed by atoms with van der Waals surface area (Å²) in [6, 6.07) is 2.41. The van der Waals surface area contributed by atoms with E-state index in [-0.39, 0.29) is 5.91 Å². The average Bonchev–Trinajstić information content (AvgIpc) is 2.90. The molecule has 0 unspecified atom stereocenters. The van der Waals surface area contributed by atoms with E-state index in [4.69, 9.17) is 0 Å². The first-order chi connectivity index (χ1) is 8.66. The molecular formula is C13H22N4O. The van der Waals surface area contributed by atoms with Crippen molar-refractivity contribution in [1.82, 2.24) is 19.6 Å². The van der Waals surface area contributed by atoms with Gasteiger partial charge >= 0.3 is 0 Å². The Morgan fingerprint density at radius 1 is 1.39 bits per heavy atom. The zero-order valence-electron chi connectivity index (χ0n) is 11.2. The molecule has 1 fully saturated rings. The lowest BCUT2D eigenvalue weighted by Gasteiger charge is -2.32. The standard InChI is InChI=1S/C13H22N4O/c1-15(2)9-6-13(18)16-10-4-12(5-11-16)17-8-3-7-14-17/h3,7-8,12H,4-6,9-11H2,1-2H3. The Morgan fingerprint density at radius 3 is 2.67 bits per heavy atom. The first kappa shape index (κ1) is 13.1. The van der Waals surface area contributed by atoms with Crippen molar-refractivity contribution in [2.24, 2.45) is 0 Å². The third-order valence-corrected chi connectivity index (χ3v) is 3.49. The lowest BCUT2D eigenvalue weighted by atomic mass is 10.0. The summed E-state index contributed by atoms with van der Waals surface area (Å²) in [4.78, 5) is 16.0. The van der Waals surface area contributed by atoms with E-state index in [1.807, 2.05) is 47.0 Å². The van der Waals surface area contributed by atoms with Crippen molar-refractivity contribution in [3.63, 3.8) is 0 Å². The molecule has 18 heavy (non-hydrogen) atoms. The third kappa shape index (κ3) is 3.32.